The number of halogens is 2. The van der Waals surface area contributed by atoms with Gasteiger partial charge >= 0.3 is 0 Å². The van der Waals surface area contributed by atoms with Gasteiger partial charge in [-0.25, -0.2) is 4.39 Å². The number of phenols is 1. The van der Waals surface area contributed by atoms with Crippen molar-refractivity contribution in [2.75, 3.05) is 0 Å². The summed E-state index contributed by atoms with van der Waals surface area (Å²) < 4.78 is 13.0. The van der Waals surface area contributed by atoms with Gasteiger partial charge < -0.3 is 10.2 Å². The summed E-state index contributed by atoms with van der Waals surface area (Å²) in [5, 5.41) is 20.1. The van der Waals surface area contributed by atoms with Crippen LogP contribution in [0.3, 0.4) is 0 Å². The van der Waals surface area contributed by atoms with Crippen LogP contribution in [0.5, 0.6) is 5.75 Å². The summed E-state index contributed by atoms with van der Waals surface area (Å²) in [6, 6.07) is 9.94. The first kappa shape index (κ1) is 11.9. The monoisotopic (exact) mass is 252 g/mol. The maximum Gasteiger partial charge on any atom is 0.123 e. The standard InChI is InChI=1S/C13H10ClFO2/c14-9-3-1-8(2-4-9)13(17)11-7-10(15)5-6-12(11)16/h1-7,13,16-17H. The Kier molecular flexibility index (Phi) is 3.31. The molecule has 1 unspecified atom stereocenters. The van der Waals surface area contributed by atoms with Crippen molar-refractivity contribution in [3.8, 4) is 5.75 Å². The molecule has 0 bridgehead atoms. The predicted octanol–water partition coefficient (Wildman–Crippen LogP) is 3.27. The SMILES string of the molecule is Oc1ccc(F)cc1C(O)c1ccc(Cl)cc1. The molecule has 0 aliphatic carbocycles. The van der Waals surface area contributed by atoms with Gasteiger partial charge in [-0.05, 0) is 35.9 Å². The van der Waals surface area contributed by atoms with E-state index in [1.807, 2.05) is 0 Å². The van der Waals surface area contributed by atoms with E-state index >= 15 is 0 Å². The Morgan fingerprint density at radius 1 is 1.06 bits per heavy atom. The van der Waals surface area contributed by atoms with Crippen LogP contribution in [0.2, 0.25) is 5.02 Å². The van der Waals surface area contributed by atoms with E-state index in [2.05, 4.69) is 0 Å². The highest BCUT2D eigenvalue weighted by Crippen LogP contribution is 2.30. The van der Waals surface area contributed by atoms with Crippen LogP contribution in [0, 0.1) is 5.82 Å². The summed E-state index contributed by atoms with van der Waals surface area (Å²) in [4.78, 5) is 0. The second-order valence-corrected chi connectivity index (χ2v) is 4.09. The summed E-state index contributed by atoms with van der Waals surface area (Å²) in [6.07, 6.45) is -1.08. The highest BCUT2D eigenvalue weighted by atomic mass is 35.5. The number of rotatable bonds is 2. The van der Waals surface area contributed by atoms with E-state index in [1.165, 1.54) is 6.07 Å². The van der Waals surface area contributed by atoms with E-state index in [0.717, 1.165) is 12.1 Å². The molecule has 2 aromatic rings. The third kappa shape index (κ3) is 2.57. The van der Waals surface area contributed by atoms with Gasteiger partial charge in [0.2, 0.25) is 0 Å². The van der Waals surface area contributed by atoms with Gasteiger partial charge in [-0.15, -0.1) is 0 Å². The zero-order valence-corrected chi connectivity index (χ0v) is 9.53. The fourth-order valence-corrected chi connectivity index (χ4v) is 1.70. The highest BCUT2D eigenvalue weighted by molar-refractivity contribution is 6.30. The zero-order valence-electron chi connectivity index (χ0n) is 8.77. The van der Waals surface area contributed by atoms with Crippen molar-refractivity contribution in [1.82, 2.24) is 0 Å². The molecule has 0 heterocycles. The molecular formula is C13H10ClFO2. The van der Waals surface area contributed by atoms with Crippen molar-refractivity contribution in [1.29, 1.82) is 0 Å². The average molecular weight is 253 g/mol. The van der Waals surface area contributed by atoms with Crippen molar-refractivity contribution < 1.29 is 14.6 Å². The highest BCUT2D eigenvalue weighted by Gasteiger charge is 2.15. The van der Waals surface area contributed by atoms with Crippen LogP contribution >= 0.6 is 11.6 Å². The molecule has 0 aliphatic heterocycles. The maximum atomic E-state index is 13.0. The molecule has 0 aromatic heterocycles. The van der Waals surface area contributed by atoms with E-state index < -0.39 is 11.9 Å². The van der Waals surface area contributed by atoms with E-state index in [-0.39, 0.29) is 11.3 Å². The number of benzene rings is 2. The van der Waals surface area contributed by atoms with Crippen LogP contribution in [0.1, 0.15) is 17.2 Å². The molecule has 0 aliphatic rings. The molecule has 17 heavy (non-hydrogen) atoms. The Hall–Kier alpha value is -1.58. The van der Waals surface area contributed by atoms with Crippen molar-refractivity contribution in [2.45, 2.75) is 6.10 Å². The minimum absolute atomic E-state index is 0.132. The molecule has 0 radical (unpaired) electrons. The minimum Gasteiger partial charge on any atom is -0.508 e. The Morgan fingerprint density at radius 2 is 1.71 bits per heavy atom. The quantitative estimate of drug-likeness (QED) is 0.861. The van der Waals surface area contributed by atoms with Crippen molar-refractivity contribution >= 4 is 11.6 Å². The summed E-state index contributed by atoms with van der Waals surface area (Å²) in [7, 11) is 0. The Labute approximate surface area is 103 Å². The van der Waals surface area contributed by atoms with Gasteiger partial charge in [0.05, 0.1) is 0 Å². The smallest absolute Gasteiger partial charge is 0.123 e. The average Bonchev–Trinajstić information content (AvgIpc) is 2.32. The van der Waals surface area contributed by atoms with Crippen LogP contribution in [-0.2, 0) is 0 Å². The second-order valence-electron chi connectivity index (χ2n) is 3.66. The predicted molar refractivity (Wildman–Crippen MR) is 63.6 cm³/mol. The summed E-state index contributed by atoms with van der Waals surface area (Å²) in [5.74, 6) is -0.653. The Balaban J connectivity index is 2.39. The summed E-state index contributed by atoms with van der Waals surface area (Å²) in [5.41, 5.74) is 0.669. The lowest BCUT2D eigenvalue weighted by molar-refractivity contribution is 0.215. The topological polar surface area (TPSA) is 40.5 Å². The van der Waals surface area contributed by atoms with Gasteiger partial charge in [0.1, 0.15) is 17.7 Å². The van der Waals surface area contributed by atoms with E-state index in [4.69, 9.17) is 11.6 Å². The first-order valence-electron chi connectivity index (χ1n) is 5.00. The van der Waals surface area contributed by atoms with Crippen LogP contribution in [-0.4, -0.2) is 10.2 Å². The largest absolute Gasteiger partial charge is 0.508 e. The minimum atomic E-state index is -1.08. The molecule has 2 nitrogen and oxygen atoms in total. The first-order chi connectivity index (χ1) is 8.08. The van der Waals surface area contributed by atoms with Crippen LogP contribution in [0.15, 0.2) is 42.5 Å². The van der Waals surface area contributed by atoms with Gasteiger partial charge in [0.15, 0.2) is 0 Å². The number of hydrogen-bond acceptors (Lipinski definition) is 2. The molecule has 88 valence electrons. The summed E-state index contributed by atoms with van der Waals surface area (Å²) in [6.45, 7) is 0. The van der Waals surface area contributed by atoms with Gasteiger partial charge in [-0.3, -0.25) is 0 Å². The molecule has 2 aromatic carbocycles. The Bertz CT molecular complexity index is 525. The van der Waals surface area contributed by atoms with E-state index in [1.54, 1.807) is 24.3 Å². The molecule has 0 saturated carbocycles. The van der Waals surface area contributed by atoms with Crippen molar-refractivity contribution in [3.05, 3.63) is 64.4 Å². The third-order valence-corrected chi connectivity index (χ3v) is 2.72. The molecule has 0 spiro atoms. The van der Waals surface area contributed by atoms with Crippen molar-refractivity contribution in [3.63, 3.8) is 0 Å². The third-order valence-electron chi connectivity index (χ3n) is 2.47. The molecule has 0 saturated heterocycles. The number of aliphatic hydroxyl groups is 1. The zero-order chi connectivity index (χ0) is 12.4. The fourth-order valence-electron chi connectivity index (χ4n) is 1.57. The lowest BCUT2D eigenvalue weighted by atomic mass is 10.0. The molecule has 0 amide bonds. The van der Waals surface area contributed by atoms with E-state index in [0.29, 0.717) is 10.6 Å². The van der Waals surface area contributed by atoms with Gasteiger partial charge in [0.25, 0.3) is 0 Å². The number of phenolic OH excluding ortho intramolecular Hbond substituents is 1. The van der Waals surface area contributed by atoms with Crippen LogP contribution < -0.4 is 0 Å². The number of hydrogen-bond donors (Lipinski definition) is 2. The molecular weight excluding hydrogens is 243 g/mol. The van der Waals surface area contributed by atoms with Gasteiger partial charge in [-0.2, -0.15) is 0 Å². The second kappa shape index (κ2) is 4.73. The number of aliphatic hydroxyl groups excluding tert-OH is 1. The fraction of sp³-hybridized carbons (Fsp3) is 0.0769. The molecule has 2 N–H and O–H groups in total. The van der Waals surface area contributed by atoms with Crippen LogP contribution in [0.4, 0.5) is 4.39 Å². The molecule has 2 rings (SSSR count). The Morgan fingerprint density at radius 3 is 2.35 bits per heavy atom. The van der Waals surface area contributed by atoms with E-state index in [9.17, 15) is 14.6 Å². The molecule has 1 atom stereocenters. The first-order valence-corrected chi connectivity index (χ1v) is 5.37. The lowest BCUT2D eigenvalue weighted by Gasteiger charge is -2.13. The lowest BCUT2D eigenvalue weighted by Crippen LogP contribution is -2.00. The van der Waals surface area contributed by atoms with Gasteiger partial charge in [-0.1, -0.05) is 23.7 Å². The van der Waals surface area contributed by atoms with Gasteiger partial charge in [0, 0.05) is 10.6 Å². The number of aromatic hydroxyl groups is 1. The van der Waals surface area contributed by atoms with Crippen molar-refractivity contribution in [2.24, 2.45) is 0 Å². The maximum absolute atomic E-state index is 13.0. The summed E-state index contributed by atoms with van der Waals surface area (Å²) >= 11 is 5.73. The normalized spacial score (nSPS) is 12.4. The molecule has 4 heteroatoms. The van der Waals surface area contributed by atoms with Crippen LogP contribution in [0.25, 0.3) is 0 Å². The molecule has 0 fully saturated rings.